The molecule has 0 radical (unpaired) electrons. The molecule has 2 aromatic rings. The molecule has 0 saturated carbocycles. The fraction of sp³-hybridized carbons (Fsp3) is 0.182. The van der Waals surface area contributed by atoms with Crippen molar-refractivity contribution in [3.05, 3.63) is 42.0 Å². The second kappa shape index (κ2) is 4.98. The van der Waals surface area contributed by atoms with E-state index < -0.39 is 15.8 Å². The van der Waals surface area contributed by atoms with Gasteiger partial charge in [0.15, 0.2) is 0 Å². The first-order valence-corrected chi connectivity index (χ1v) is 6.84. The van der Waals surface area contributed by atoms with Crippen LogP contribution in [0.15, 0.2) is 35.5 Å². The van der Waals surface area contributed by atoms with Gasteiger partial charge in [0.05, 0.1) is 16.8 Å². The SMILES string of the molecule is CN(Cc1cn[nH]c1)S(=O)(=O)c1ccc(N)c(F)c1. The smallest absolute Gasteiger partial charge is 0.243 e. The summed E-state index contributed by atoms with van der Waals surface area (Å²) in [5, 5.41) is 6.33. The van der Waals surface area contributed by atoms with Crippen LogP contribution in [0.25, 0.3) is 0 Å². The van der Waals surface area contributed by atoms with E-state index in [1.165, 1.54) is 25.4 Å². The summed E-state index contributed by atoms with van der Waals surface area (Å²) in [6, 6.07) is 3.42. The van der Waals surface area contributed by atoms with Gasteiger partial charge in [-0.25, -0.2) is 12.8 Å². The van der Waals surface area contributed by atoms with Gasteiger partial charge in [0, 0.05) is 25.4 Å². The molecular formula is C11H13FN4O2S. The largest absolute Gasteiger partial charge is 0.396 e. The first-order valence-electron chi connectivity index (χ1n) is 5.40. The Kier molecular flexibility index (Phi) is 3.54. The summed E-state index contributed by atoms with van der Waals surface area (Å²) in [5.74, 6) is -0.752. The average Bonchev–Trinajstić information content (AvgIpc) is 2.85. The molecule has 0 unspecified atom stereocenters. The number of halogens is 1. The van der Waals surface area contributed by atoms with Crippen LogP contribution in [-0.4, -0.2) is 30.0 Å². The van der Waals surface area contributed by atoms with Gasteiger partial charge in [-0.2, -0.15) is 9.40 Å². The molecule has 0 aliphatic rings. The second-order valence-corrected chi connectivity index (χ2v) is 6.10. The molecule has 0 aliphatic carbocycles. The molecule has 1 heterocycles. The Morgan fingerprint density at radius 3 is 2.79 bits per heavy atom. The minimum atomic E-state index is -3.76. The number of anilines is 1. The molecule has 0 bridgehead atoms. The number of aromatic amines is 1. The maximum Gasteiger partial charge on any atom is 0.243 e. The summed E-state index contributed by atoms with van der Waals surface area (Å²) in [4.78, 5) is -0.134. The molecule has 0 fully saturated rings. The Labute approximate surface area is 110 Å². The topological polar surface area (TPSA) is 92.1 Å². The molecule has 102 valence electrons. The maximum atomic E-state index is 13.3. The minimum Gasteiger partial charge on any atom is -0.396 e. The van der Waals surface area contributed by atoms with Crippen LogP contribution in [-0.2, 0) is 16.6 Å². The molecule has 0 spiro atoms. The summed E-state index contributed by atoms with van der Waals surface area (Å²) < 4.78 is 38.9. The number of rotatable bonds is 4. The molecule has 3 N–H and O–H groups in total. The van der Waals surface area contributed by atoms with Gasteiger partial charge in [-0.1, -0.05) is 0 Å². The van der Waals surface area contributed by atoms with E-state index in [0.717, 1.165) is 10.4 Å². The van der Waals surface area contributed by atoms with Gasteiger partial charge >= 0.3 is 0 Å². The van der Waals surface area contributed by atoms with Crippen molar-refractivity contribution in [1.29, 1.82) is 0 Å². The highest BCUT2D eigenvalue weighted by molar-refractivity contribution is 7.89. The Morgan fingerprint density at radius 1 is 1.47 bits per heavy atom. The molecule has 0 aliphatic heterocycles. The average molecular weight is 284 g/mol. The number of nitrogen functional groups attached to an aromatic ring is 1. The number of aromatic nitrogens is 2. The Balaban J connectivity index is 2.28. The predicted octanol–water partition coefficient (Wildman–Crippen LogP) is 0.952. The Morgan fingerprint density at radius 2 is 2.21 bits per heavy atom. The standard InChI is InChI=1S/C11H13FN4O2S/c1-16(7-8-5-14-15-6-8)19(17,18)9-2-3-11(13)10(12)4-9/h2-6H,7,13H2,1H3,(H,14,15). The van der Waals surface area contributed by atoms with Crippen molar-refractivity contribution in [2.24, 2.45) is 0 Å². The summed E-state index contributed by atoms with van der Waals surface area (Å²) >= 11 is 0. The molecule has 19 heavy (non-hydrogen) atoms. The van der Waals surface area contributed by atoms with Crippen molar-refractivity contribution in [2.75, 3.05) is 12.8 Å². The van der Waals surface area contributed by atoms with E-state index in [1.54, 1.807) is 6.20 Å². The van der Waals surface area contributed by atoms with Crippen LogP contribution in [0.4, 0.5) is 10.1 Å². The zero-order valence-electron chi connectivity index (χ0n) is 10.2. The van der Waals surface area contributed by atoms with Crippen LogP contribution in [0, 0.1) is 5.82 Å². The number of nitrogens with one attached hydrogen (secondary N) is 1. The lowest BCUT2D eigenvalue weighted by Gasteiger charge is -2.16. The van der Waals surface area contributed by atoms with Crippen molar-refractivity contribution >= 4 is 15.7 Å². The van der Waals surface area contributed by atoms with Crippen LogP contribution < -0.4 is 5.73 Å². The van der Waals surface area contributed by atoms with E-state index in [0.29, 0.717) is 5.56 Å². The fourth-order valence-corrected chi connectivity index (χ4v) is 2.73. The zero-order chi connectivity index (χ0) is 14.0. The fourth-order valence-electron chi connectivity index (χ4n) is 1.55. The molecular weight excluding hydrogens is 271 g/mol. The molecule has 1 aromatic carbocycles. The number of sulfonamides is 1. The Bertz CT molecular complexity index is 670. The monoisotopic (exact) mass is 284 g/mol. The lowest BCUT2D eigenvalue weighted by Crippen LogP contribution is -2.26. The highest BCUT2D eigenvalue weighted by atomic mass is 32.2. The quantitative estimate of drug-likeness (QED) is 0.818. The number of benzene rings is 1. The Hall–Kier alpha value is -1.93. The summed E-state index contributed by atoms with van der Waals surface area (Å²) in [6.07, 6.45) is 3.12. The van der Waals surface area contributed by atoms with Crippen LogP contribution in [0.3, 0.4) is 0 Å². The molecule has 6 nitrogen and oxygen atoms in total. The number of H-pyrrole nitrogens is 1. The third-order valence-corrected chi connectivity index (χ3v) is 4.44. The van der Waals surface area contributed by atoms with E-state index in [-0.39, 0.29) is 17.1 Å². The van der Waals surface area contributed by atoms with Gasteiger partial charge in [-0.15, -0.1) is 0 Å². The first-order chi connectivity index (χ1) is 8.91. The minimum absolute atomic E-state index is 0.0866. The van der Waals surface area contributed by atoms with E-state index in [9.17, 15) is 12.8 Å². The van der Waals surface area contributed by atoms with Crippen LogP contribution >= 0.6 is 0 Å². The van der Waals surface area contributed by atoms with Crippen molar-refractivity contribution in [3.63, 3.8) is 0 Å². The number of nitrogens with zero attached hydrogens (tertiary/aromatic N) is 2. The van der Waals surface area contributed by atoms with E-state index >= 15 is 0 Å². The lowest BCUT2D eigenvalue weighted by atomic mass is 10.3. The first kappa shape index (κ1) is 13.5. The summed E-state index contributed by atoms with van der Waals surface area (Å²) in [5.41, 5.74) is 5.95. The third-order valence-electron chi connectivity index (χ3n) is 2.64. The molecule has 1 aromatic heterocycles. The normalized spacial score (nSPS) is 11.9. The third kappa shape index (κ3) is 2.74. The molecule has 8 heteroatoms. The molecule has 2 rings (SSSR count). The summed E-state index contributed by atoms with van der Waals surface area (Å²) in [6.45, 7) is 0.144. The van der Waals surface area contributed by atoms with Crippen LogP contribution in [0.5, 0.6) is 0 Å². The molecule has 0 saturated heterocycles. The van der Waals surface area contributed by atoms with Gasteiger partial charge in [0.2, 0.25) is 10.0 Å². The van der Waals surface area contributed by atoms with Crippen molar-refractivity contribution < 1.29 is 12.8 Å². The molecule has 0 atom stereocenters. The van der Waals surface area contributed by atoms with Crippen molar-refractivity contribution in [3.8, 4) is 0 Å². The van der Waals surface area contributed by atoms with E-state index in [1.807, 2.05) is 0 Å². The van der Waals surface area contributed by atoms with Crippen molar-refractivity contribution in [2.45, 2.75) is 11.4 Å². The van der Waals surface area contributed by atoms with Crippen LogP contribution in [0.1, 0.15) is 5.56 Å². The van der Waals surface area contributed by atoms with Gasteiger partial charge in [0.1, 0.15) is 5.82 Å². The lowest BCUT2D eigenvalue weighted by molar-refractivity contribution is 0.466. The zero-order valence-corrected chi connectivity index (χ0v) is 11.0. The van der Waals surface area contributed by atoms with Gasteiger partial charge < -0.3 is 5.73 Å². The maximum absolute atomic E-state index is 13.3. The van der Waals surface area contributed by atoms with Crippen LogP contribution in [0.2, 0.25) is 0 Å². The highest BCUT2D eigenvalue weighted by Gasteiger charge is 2.22. The van der Waals surface area contributed by atoms with Gasteiger partial charge in [-0.05, 0) is 18.2 Å². The number of hydrogen-bond acceptors (Lipinski definition) is 4. The number of hydrogen-bond donors (Lipinski definition) is 2. The van der Waals surface area contributed by atoms with Gasteiger partial charge in [-0.3, -0.25) is 5.10 Å². The number of nitrogens with two attached hydrogens (primary N) is 1. The molecule has 0 amide bonds. The summed E-state index contributed by atoms with van der Waals surface area (Å²) in [7, 11) is -2.34. The predicted molar refractivity (Wildman–Crippen MR) is 68.1 cm³/mol. The second-order valence-electron chi connectivity index (χ2n) is 4.05. The highest BCUT2D eigenvalue weighted by Crippen LogP contribution is 2.20. The van der Waals surface area contributed by atoms with Crippen molar-refractivity contribution in [1.82, 2.24) is 14.5 Å². The van der Waals surface area contributed by atoms with E-state index in [2.05, 4.69) is 10.2 Å². The van der Waals surface area contributed by atoms with E-state index in [4.69, 9.17) is 5.73 Å². The van der Waals surface area contributed by atoms with Gasteiger partial charge in [0.25, 0.3) is 0 Å².